The van der Waals surface area contributed by atoms with Crippen molar-refractivity contribution < 1.29 is 9.59 Å². The van der Waals surface area contributed by atoms with Gasteiger partial charge in [-0.2, -0.15) is 5.10 Å². The number of anilines is 1. The minimum Gasteiger partial charge on any atom is -0.326 e. The Morgan fingerprint density at radius 2 is 1.54 bits per heavy atom. The van der Waals surface area contributed by atoms with Crippen molar-refractivity contribution in [1.29, 1.82) is 0 Å². The third-order valence-corrected chi connectivity index (χ3v) is 5.51. The summed E-state index contributed by atoms with van der Waals surface area (Å²) < 4.78 is 0.990. The fourth-order valence-corrected chi connectivity index (χ4v) is 3.53. The Labute approximate surface area is 173 Å². The molecule has 1 aliphatic rings. The molecule has 3 rings (SSSR count). The van der Waals surface area contributed by atoms with Gasteiger partial charge in [0.25, 0.3) is 5.91 Å². The van der Waals surface area contributed by atoms with Crippen molar-refractivity contribution in [2.75, 3.05) is 5.32 Å². The van der Waals surface area contributed by atoms with Gasteiger partial charge < -0.3 is 5.32 Å². The number of nitrogens with zero attached hydrogens (tertiary/aromatic N) is 1. The Bertz CT molecular complexity index is 854. The number of hydrogen-bond donors (Lipinski definition) is 2. The van der Waals surface area contributed by atoms with E-state index in [9.17, 15) is 9.59 Å². The summed E-state index contributed by atoms with van der Waals surface area (Å²) in [6.07, 6.45) is 5.39. The highest BCUT2D eigenvalue weighted by Crippen LogP contribution is 2.25. The van der Waals surface area contributed by atoms with Gasteiger partial charge in [0, 0.05) is 21.6 Å². The van der Waals surface area contributed by atoms with Gasteiger partial charge in [-0.25, -0.2) is 5.43 Å². The summed E-state index contributed by atoms with van der Waals surface area (Å²) in [6, 6.07) is 14.6. The van der Waals surface area contributed by atoms with Gasteiger partial charge in [-0.3, -0.25) is 9.59 Å². The van der Waals surface area contributed by atoms with Crippen LogP contribution in [0.3, 0.4) is 0 Å². The van der Waals surface area contributed by atoms with Crippen molar-refractivity contribution in [3.63, 3.8) is 0 Å². The molecule has 2 amide bonds. The molecule has 0 atom stereocenters. The molecule has 1 fully saturated rings. The predicted octanol–water partition coefficient (Wildman–Crippen LogP) is 5.12. The molecule has 5 nitrogen and oxygen atoms in total. The second-order valence-corrected chi connectivity index (χ2v) is 7.96. The van der Waals surface area contributed by atoms with E-state index in [2.05, 4.69) is 31.8 Å². The quantitative estimate of drug-likeness (QED) is 0.498. The number of rotatable bonds is 5. The SMILES string of the molecule is CC(=NNC(=O)c1ccc(NC(=O)C2CCCCC2)cc1)c1ccc(Br)cc1. The first-order chi connectivity index (χ1) is 13.5. The van der Waals surface area contributed by atoms with E-state index >= 15 is 0 Å². The normalized spacial score (nSPS) is 15.1. The first-order valence-corrected chi connectivity index (χ1v) is 10.3. The van der Waals surface area contributed by atoms with Crippen molar-refractivity contribution in [1.82, 2.24) is 5.43 Å². The van der Waals surface area contributed by atoms with Gasteiger partial charge in [0.05, 0.1) is 5.71 Å². The molecule has 0 unspecified atom stereocenters. The smallest absolute Gasteiger partial charge is 0.271 e. The zero-order valence-corrected chi connectivity index (χ0v) is 17.5. The van der Waals surface area contributed by atoms with E-state index in [1.165, 1.54) is 6.42 Å². The molecule has 28 heavy (non-hydrogen) atoms. The van der Waals surface area contributed by atoms with Gasteiger partial charge in [0.2, 0.25) is 5.91 Å². The van der Waals surface area contributed by atoms with Crippen LogP contribution in [0.5, 0.6) is 0 Å². The molecular weight excluding hydrogens is 418 g/mol. The highest BCUT2D eigenvalue weighted by molar-refractivity contribution is 9.10. The summed E-state index contributed by atoms with van der Waals surface area (Å²) in [4.78, 5) is 24.6. The van der Waals surface area contributed by atoms with Gasteiger partial charge in [0.15, 0.2) is 0 Å². The Morgan fingerprint density at radius 1 is 0.929 bits per heavy atom. The van der Waals surface area contributed by atoms with E-state index in [0.717, 1.165) is 41.4 Å². The molecule has 0 bridgehead atoms. The zero-order valence-electron chi connectivity index (χ0n) is 15.9. The van der Waals surface area contributed by atoms with Crippen molar-refractivity contribution >= 4 is 39.1 Å². The monoisotopic (exact) mass is 441 g/mol. The van der Waals surface area contributed by atoms with E-state index in [1.807, 2.05) is 31.2 Å². The zero-order chi connectivity index (χ0) is 19.9. The number of halogens is 1. The van der Waals surface area contributed by atoms with E-state index in [0.29, 0.717) is 11.3 Å². The molecule has 0 heterocycles. The van der Waals surface area contributed by atoms with Crippen LogP contribution < -0.4 is 10.7 Å². The maximum Gasteiger partial charge on any atom is 0.271 e. The van der Waals surface area contributed by atoms with Crippen molar-refractivity contribution in [2.45, 2.75) is 39.0 Å². The Balaban J connectivity index is 1.56. The lowest BCUT2D eigenvalue weighted by Gasteiger charge is -2.20. The molecule has 1 aliphatic carbocycles. The maximum atomic E-state index is 12.3. The van der Waals surface area contributed by atoms with E-state index in [-0.39, 0.29) is 17.7 Å². The van der Waals surface area contributed by atoms with Crippen LogP contribution in [0.15, 0.2) is 58.1 Å². The molecule has 2 N–H and O–H groups in total. The van der Waals surface area contributed by atoms with Gasteiger partial charge in [-0.05, 0) is 61.7 Å². The molecule has 2 aromatic rings. The lowest BCUT2D eigenvalue weighted by molar-refractivity contribution is -0.120. The number of hydrogen-bond acceptors (Lipinski definition) is 3. The van der Waals surface area contributed by atoms with E-state index < -0.39 is 0 Å². The Hall–Kier alpha value is -2.47. The van der Waals surface area contributed by atoms with Crippen LogP contribution in [0.25, 0.3) is 0 Å². The number of carbonyl (C=O) groups excluding carboxylic acids is 2. The molecular formula is C22H24BrN3O2. The number of benzene rings is 2. The number of amides is 2. The fraction of sp³-hybridized carbons (Fsp3) is 0.318. The Morgan fingerprint density at radius 3 is 2.18 bits per heavy atom. The number of carbonyl (C=O) groups is 2. The molecule has 146 valence electrons. The molecule has 0 radical (unpaired) electrons. The largest absolute Gasteiger partial charge is 0.326 e. The van der Waals surface area contributed by atoms with Crippen molar-refractivity contribution in [2.24, 2.45) is 11.0 Å². The molecule has 1 saturated carbocycles. The molecule has 2 aromatic carbocycles. The standard InChI is InChI=1S/C22H24BrN3O2/c1-15(16-7-11-19(23)12-8-16)25-26-22(28)18-9-13-20(14-10-18)24-21(27)17-5-3-2-4-6-17/h7-14,17H,2-6H2,1H3,(H,24,27)(H,26,28). The average molecular weight is 442 g/mol. The molecule has 0 aromatic heterocycles. The lowest BCUT2D eigenvalue weighted by atomic mass is 9.88. The average Bonchev–Trinajstić information content (AvgIpc) is 2.73. The first-order valence-electron chi connectivity index (χ1n) is 9.54. The number of nitrogens with one attached hydrogen (secondary N) is 2. The van der Waals surface area contributed by atoms with Crippen LogP contribution >= 0.6 is 15.9 Å². The van der Waals surface area contributed by atoms with Crippen LogP contribution in [-0.4, -0.2) is 17.5 Å². The summed E-state index contributed by atoms with van der Waals surface area (Å²) >= 11 is 3.39. The van der Waals surface area contributed by atoms with Crippen LogP contribution in [-0.2, 0) is 4.79 Å². The van der Waals surface area contributed by atoms with E-state index in [1.54, 1.807) is 24.3 Å². The highest BCUT2D eigenvalue weighted by atomic mass is 79.9. The first kappa shape index (κ1) is 20.3. The third kappa shape index (κ3) is 5.52. The van der Waals surface area contributed by atoms with Crippen LogP contribution in [0, 0.1) is 5.92 Å². The molecule has 6 heteroatoms. The highest BCUT2D eigenvalue weighted by Gasteiger charge is 2.21. The Kier molecular flexibility index (Phi) is 6.98. The topological polar surface area (TPSA) is 70.6 Å². The number of hydrazone groups is 1. The fourth-order valence-electron chi connectivity index (χ4n) is 3.27. The summed E-state index contributed by atoms with van der Waals surface area (Å²) in [6.45, 7) is 1.84. The summed E-state index contributed by atoms with van der Waals surface area (Å²) in [5.74, 6) is -0.110. The van der Waals surface area contributed by atoms with Gasteiger partial charge in [-0.1, -0.05) is 47.3 Å². The van der Waals surface area contributed by atoms with Crippen LogP contribution in [0.2, 0.25) is 0 Å². The third-order valence-electron chi connectivity index (χ3n) is 4.98. The second-order valence-electron chi connectivity index (χ2n) is 7.05. The lowest BCUT2D eigenvalue weighted by Crippen LogP contribution is -2.24. The van der Waals surface area contributed by atoms with Crippen molar-refractivity contribution in [3.05, 3.63) is 64.1 Å². The van der Waals surface area contributed by atoms with Crippen LogP contribution in [0.1, 0.15) is 54.9 Å². The second kappa shape index (κ2) is 9.64. The van der Waals surface area contributed by atoms with Crippen LogP contribution in [0.4, 0.5) is 5.69 Å². The molecule has 0 saturated heterocycles. The van der Waals surface area contributed by atoms with Crippen molar-refractivity contribution in [3.8, 4) is 0 Å². The maximum absolute atomic E-state index is 12.3. The molecule has 0 aliphatic heterocycles. The summed E-state index contributed by atoms with van der Waals surface area (Å²) in [7, 11) is 0. The summed E-state index contributed by atoms with van der Waals surface area (Å²) in [5, 5.41) is 7.12. The van der Waals surface area contributed by atoms with Gasteiger partial charge >= 0.3 is 0 Å². The summed E-state index contributed by atoms with van der Waals surface area (Å²) in [5.41, 5.74) is 5.43. The minimum absolute atomic E-state index is 0.0756. The van der Waals surface area contributed by atoms with E-state index in [4.69, 9.17) is 0 Å². The van der Waals surface area contributed by atoms with Gasteiger partial charge in [-0.15, -0.1) is 0 Å². The van der Waals surface area contributed by atoms with Gasteiger partial charge in [0.1, 0.15) is 0 Å². The predicted molar refractivity (Wildman–Crippen MR) is 115 cm³/mol. The minimum atomic E-state index is -0.290. The molecule has 0 spiro atoms.